The Labute approximate surface area is 346 Å². The standard InChI is InChI=1S/C43H49FN8O8/c1-25-32(23-30-29-22-27(44)10-11-31(29)48-39(30)55)47-26(2)37(25)41(57)46-15-7-16-50-17-19-51(20-18-50)24-36(54)45-14-4-3-5-21-60-34-9-6-8-28-38(34)43(59)52(42(28)58)33-12-13-35(53)49-40(33)56/h6,8-11,22-23,33,47H,3-5,7,12-21,24H2,1-2H3,(H,45,54)(H,46,57)(H,48,55)(H,49,53,56)/b30-23-. The van der Waals surface area contributed by atoms with Crippen molar-refractivity contribution in [3.8, 4) is 5.75 Å². The summed E-state index contributed by atoms with van der Waals surface area (Å²) in [5.74, 6) is -3.02. The topological polar surface area (TPSA) is 202 Å². The van der Waals surface area contributed by atoms with E-state index in [9.17, 15) is 38.0 Å². The van der Waals surface area contributed by atoms with Crippen molar-refractivity contribution in [1.29, 1.82) is 0 Å². The minimum atomic E-state index is -1.04. The van der Waals surface area contributed by atoms with Crippen molar-refractivity contribution < 1.29 is 42.7 Å². The van der Waals surface area contributed by atoms with Gasteiger partial charge in [-0.3, -0.25) is 48.7 Å². The predicted octanol–water partition coefficient (Wildman–Crippen LogP) is 2.77. The number of hydrogen-bond donors (Lipinski definition) is 5. The lowest BCUT2D eigenvalue weighted by Gasteiger charge is -2.34. The first-order valence-corrected chi connectivity index (χ1v) is 20.4. The number of ether oxygens (including phenoxy) is 1. The van der Waals surface area contributed by atoms with Crippen LogP contribution in [0.2, 0.25) is 0 Å². The second kappa shape index (κ2) is 18.4. The maximum Gasteiger partial charge on any atom is 0.266 e. The zero-order valence-corrected chi connectivity index (χ0v) is 33.7. The van der Waals surface area contributed by atoms with E-state index in [4.69, 9.17) is 4.74 Å². The monoisotopic (exact) mass is 824 g/mol. The first-order valence-electron chi connectivity index (χ1n) is 20.4. The Balaban J connectivity index is 0.753. The summed E-state index contributed by atoms with van der Waals surface area (Å²) in [5, 5.41) is 10.9. The van der Waals surface area contributed by atoms with Crippen LogP contribution >= 0.6 is 0 Å². The van der Waals surface area contributed by atoms with Gasteiger partial charge in [0, 0.05) is 68.3 Å². The Hall–Kier alpha value is -6.20. The average Bonchev–Trinajstić information content (AvgIpc) is 3.78. The molecule has 1 atom stereocenters. The number of H-pyrrole nitrogens is 1. The fourth-order valence-electron chi connectivity index (χ4n) is 8.15. The van der Waals surface area contributed by atoms with Gasteiger partial charge in [0.25, 0.3) is 23.6 Å². The number of piperazine rings is 1. The van der Waals surface area contributed by atoms with Gasteiger partial charge in [0.1, 0.15) is 17.6 Å². The molecule has 0 spiro atoms. The Morgan fingerprint density at radius 1 is 0.883 bits per heavy atom. The smallest absolute Gasteiger partial charge is 0.266 e. The van der Waals surface area contributed by atoms with E-state index in [0.717, 1.165) is 56.9 Å². The number of imide groups is 2. The summed E-state index contributed by atoms with van der Waals surface area (Å²) in [6, 6.07) is 7.87. The van der Waals surface area contributed by atoms with Crippen molar-refractivity contribution in [2.24, 2.45) is 0 Å². The van der Waals surface area contributed by atoms with Gasteiger partial charge in [-0.25, -0.2) is 4.39 Å². The molecule has 7 amide bonds. The summed E-state index contributed by atoms with van der Waals surface area (Å²) in [6.45, 7) is 9.20. The molecule has 2 saturated heterocycles. The lowest BCUT2D eigenvalue weighted by Crippen LogP contribution is -2.54. The van der Waals surface area contributed by atoms with Crippen LogP contribution in [-0.2, 0) is 19.2 Å². The van der Waals surface area contributed by atoms with E-state index in [2.05, 4.69) is 36.1 Å². The molecular formula is C43H49FN8O8. The van der Waals surface area contributed by atoms with Crippen LogP contribution in [0.25, 0.3) is 11.6 Å². The fourth-order valence-corrected chi connectivity index (χ4v) is 8.15. The molecule has 0 radical (unpaired) electrons. The zero-order chi connectivity index (χ0) is 42.5. The number of fused-ring (bicyclic) bond motifs is 2. The maximum atomic E-state index is 13.9. The summed E-state index contributed by atoms with van der Waals surface area (Å²) in [6.07, 6.45) is 4.71. The van der Waals surface area contributed by atoms with E-state index in [1.807, 2.05) is 6.92 Å². The number of hydrogen-bond acceptors (Lipinski definition) is 10. The lowest BCUT2D eigenvalue weighted by atomic mass is 10.0. The van der Waals surface area contributed by atoms with Crippen LogP contribution < -0.4 is 26.0 Å². The Kier molecular flexibility index (Phi) is 12.8. The number of carbonyl (C=O) groups is 7. The number of carbonyl (C=O) groups excluding carboxylic acids is 7. The average molecular weight is 825 g/mol. The summed E-state index contributed by atoms with van der Waals surface area (Å²) >= 11 is 0. The summed E-state index contributed by atoms with van der Waals surface area (Å²) in [5.41, 5.74) is 4.17. The molecule has 316 valence electrons. The van der Waals surface area contributed by atoms with Gasteiger partial charge in [0.05, 0.1) is 35.4 Å². The Bertz CT molecular complexity index is 2260. The van der Waals surface area contributed by atoms with E-state index >= 15 is 0 Å². The molecule has 5 heterocycles. The molecule has 0 aliphatic carbocycles. The maximum absolute atomic E-state index is 13.9. The Morgan fingerprint density at radius 2 is 1.65 bits per heavy atom. The molecule has 7 rings (SSSR count). The van der Waals surface area contributed by atoms with E-state index in [1.54, 1.807) is 25.1 Å². The highest BCUT2D eigenvalue weighted by atomic mass is 19.1. The number of unbranched alkanes of at least 4 members (excludes halogenated alkanes) is 2. The number of nitrogens with one attached hydrogen (secondary N) is 5. The third-order valence-electron chi connectivity index (χ3n) is 11.4. The van der Waals surface area contributed by atoms with Crippen molar-refractivity contribution in [3.63, 3.8) is 0 Å². The van der Waals surface area contributed by atoms with Crippen molar-refractivity contribution in [1.82, 2.24) is 35.6 Å². The Morgan fingerprint density at radius 3 is 2.43 bits per heavy atom. The number of aryl methyl sites for hydroxylation is 1. The molecule has 2 aromatic carbocycles. The van der Waals surface area contributed by atoms with E-state index in [0.29, 0.717) is 72.0 Å². The van der Waals surface area contributed by atoms with Gasteiger partial charge in [-0.05, 0) is 94.5 Å². The summed E-state index contributed by atoms with van der Waals surface area (Å²) in [4.78, 5) is 97.2. The molecule has 1 unspecified atom stereocenters. The normalized spacial score (nSPS) is 18.7. The van der Waals surface area contributed by atoms with Crippen molar-refractivity contribution in [3.05, 3.63) is 81.4 Å². The number of aromatic nitrogens is 1. The number of piperidine rings is 1. The van der Waals surface area contributed by atoms with Crippen LogP contribution in [-0.4, -0.2) is 126 Å². The van der Waals surface area contributed by atoms with Crippen molar-refractivity contribution >= 4 is 58.7 Å². The van der Waals surface area contributed by atoms with Gasteiger partial charge in [-0.2, -0.15) is 0 Å². The quantitative estimate of drug-likeness (QED) is 0.0813. The van der Waals surface area contributed by atoms with Gasteiger partial charge in [-0.1, -0.05) is 6.07 Å². The molecule has 1 aromatic heterocycles. The number of amides is 7. The second-order valence-electron chi connectivity index (χ2n) is 15.5. The van der Waals surface area contributed by atoms with Crippen LogP contribution in [0.5, 0.6) is 5.75 Å². The van der Waals surface area contributed by atoms with Crippen molar-refractivity contribution in [2.45, 2.75) is 58.4 Å². The number of anilines is 1. The van der Waals surface area contributed by atoms with Crippen LogP contribution in [0.4, 0.5) is 10.1 Å². The SMILES string of the molecule is Cc1[nH]c(/C=C2\C(=O)Nc3ccc(F)cc32)c(C)c1C(=O)NCCCN1CCN(CC(=O)NCCCCCOc2cccc3c2C(=O)N(C2CCC(=O)NC2=O)C3=O)CC1. The first kappa shape index (κ1) is 41.9. The molecular weight excluding hydrogens is 776 g/mol. The van der Waals surface area contributed by atoms with E-state index < -0.39 is 35.5 Å². The minimum absolute atomic E-state index is 0.0362. The molecule has 0 bridgehead atoms. The van der Waals surface area contributed by atoms with Gasteiger partial charge < -0.3 is 30.6 Å². The number of nitrogens with zero attached hydrogens (tertiary/aromatic N) is 3. The third-order valence-corrected chi connectivity index (χ3v) is 11.4. The first-order chi connectivity index (χ1) is 28.9. The zero-order valence-electron chi connectivity index (χ0n) is 33.7. The highest BCUT2D eigenvalue weighted by Gasteiger charge is 2.46. The second-order valence-corrected chi connectivity index (χ2v) is 15.5. The molecule has 17 heteroatoms. The molecule has 60 heavy (non-hydrogen) atoms. The molecule has 3 aromatic rings. The van der Waals surface area contributed by atoms with Gasteiger partial charge >= 0.3 is 0 Å². The van der Waals surface area contributed by atoms with Crippen molar-refractivity contribution in [2.75, 3.05) is 64.3 Å². The van der Waals surface area contributed by atoms with E-state index in [-0.39, 0.29) is 47.4 Å². The number of halogens is 1. The highest BCUT2D eigenvalue weighted by molar-refractivity contribution is 6.35. The largest absolute Gasteiger partial charge is 0.493 e. The van der Waals surface area contributed by atoms with Crippen LogP contribution in [0, 0.1) is 19.7 Å². The molecule has 4 aliphatic heterocycles. The van der Waals surface area contributed by atoms with Gasteiger partial charge in [0.15, 0.2) is 0 Å². The van der Waals surface area contributed by atoms with E-state index in [1.165, 1.54) is 24.3 Å². The number of rotatable bonds is 16. The van der Waals surface area contributed by atoms with Crippen LogP contribution in [0.1, 0.15) is 92.1 Å². The predicted molar refractivity (Wildman–Crippen MR) is 218 cm³/mol. The van der Waals surface area contributed by atoms with Crippen LogP contribution in [0.3, 0.4) is 0 Å². The highest BCUT2D eigenvalue weighted by Crippen LogP contribution is 2.35. The molecule has 4 aliphatic rings. The molecule has 16 nitrogen and oxygen atoms in total. The summed E-state index contributed by atoms with van der Waals surface area (Å²) < 4.78 is 19.8. The van der Waals surface area contributed by atoms with Gasteiger partial charge in [0.2, 0.25) is 17.7 Å². The fraction of sp³-hybridized carbons (Fsp3) is 0.419. The lowest BCUT2D eigenvalue weighted by molar-refractivity contribution is -0.136. The van der Waals surface area contributed by atoms with Gasteiger partial charge in [-0.15, -0.1) is 0 Å². The molecule has 5 N–H and O–H groups in total. The molecule has 0 saturated carbocycles. The number of aromatic amines is 1. The third kappa shape index (κ3) is 9.16. The minimum Gasteiger partial charge on any atom is -0.493 e. The molecule has 2 fully saturated rings. The number of benzene rings is 2. The summed E-state index contributed by atoms with van der Waals surface area (Å²) in [7, 11) is 0. The van der Waals surface area contributed by atoms with Crippen LogP contribution in [0.15, 0.2) is 36.4 Å².